The van der Waals surface area contributed by atoms with Crippen molar-refractivity contribution >= 4 is 35.1 Å². The van der Waals surface area contributed by atoms with Crippen LogP contribution in [0.25, 0.3) is 0 Å². The van der Waals surface area contributed by atoms with Crippen LogP contribution in [0.3, 0.4) is 0 Å². The molecule has 27 heavy (non-hydrogen) atoms. The normalized spacial score (nSPS) is 12.6. The Hall–Kier alpha value is -3.00. The molecule has 0 saturated heterocycles. The highest BCUT2D eigenvalue weighted by atomic mass is 35.5. The van der Waals surface area contributed by atoms with Gasteiger partial charge in [0.15, 0.2) is 11.9 Å². The first-order chi connectivity index (χ1) is 12.8. The monoisotopic (exact) mass is 394 g/mol. The Morgan fingerprint density at radius 2 is 1.93 bits per heavy atom. The highest BCUT2D eigenvalue weighted by Gasteiger charge is 2.24. The van der Waals surface area contributed by atoms with E-state index >= 15 is 0 Å². The van der Waals surface area contributed by atoms with Gasteiger partial charge in [-0.2, -0.15) is 0 Å². The van der Waals surface area contributed by atoms with Gasteiger partial charge < -0.3 is 24.5 Å². The standard InChI is InChI=1S/C18H19ClN2O6/c1-10(20-17(23)15-5-4-8-26-15)18(24)27-11(2)16(22)21-13-9-12(19)6-7-14(13)25-3/h4-11H,1-3H3,(H,20,23)(H,21,22)/t10-,11-/m0/s1. The number of benzene rings is 1. The molecule has 2 amide bonds. The number of methoxy groups -OCH3 is 1. The zero-order valence-corrected chi connectivity index (χ0v) is 15.7. The van der Waals surface area contributed by atoms with Gasteiger partial charge in [0.2, 0.25) is 0 Å². The van der Waals surface area contributed by atoms with E-state index in [1.165, 1.54) is 39.4 Å². The fourth-order valence-electron chi connectivity index (χ4n) is 2.08. The van der Waals surface area contributed by atoms with Crippen molar-refractivity contribution in [3.63, 3.8) is 0 Å². The third-order valence-electron chi connectivity index (χ3n) is 3.53. The summed E-state index contributed by atoms with van der Waals surface area (Å²) >= 11 is 5.91. The first-order valence-electron chi connectivity index (χ1n) is 8.01. The lowest BCUT2D eigenvalue weighted by atomic mass is 10.2. The van der Waals surface area contributed by atoms with Crippen molar-refractivity contribution < 1.29 is 28.3 Å². The Balaban J connectivity index is 1.92. The minimum atomic E-state index is -1.11. The molecule has 0 aliphatic rings. The number of rotatable bonds is 7. The van der Waals surface area contributed by atoms with Crippen LogP contribution in [0.1, 0.15) is 24.4 Å². The van der Waals surface area contributed by atoms with Gasteiger partial charge in [-0.05, 0) is 44.2 Å². The predicted molar refractivity (Wildman–Crippen MR) is 97.8 cm³/mol. The van der Waals surface area contributed by atoms with Crippen LogP contribution in [-0.2, 0) is 14.3 Å². The van der Waals surface area contributed by atoms with E-state index in [1.54, 1.807) is 18.2 Å². The SMILES string of the molecule is COc1ccc(Cl)cc1NC(=O)[C@H](C)OC(=O)[C@H](C)NC(=O)c1ccco1. The van der Waals surface area contributed by atoms with E-state index in [1.807, 2.05) is 0 Å². The summed E-state index contributed by atoms with van der Waals surface area (Å²) in [6.45, 7) is 2.85. The molecule has 9 heteroatoms. The molecule has 2 N–H and O–H groups in total. The van der Waals surface area contributed by atoms with Crippen molar-refractivity contribution in [3.8, 4) is 5.75 Å². The van der Waals surface area contributed by atoms with Gasteiger partial charge >= 0.3 is 5.97 Å². The van der Waals surface area contributed by atoms with Gasteiger partial charge in [0.1, 0.15) is 11.8 Å². The van der Waals surface area contributed by atoms with Gasteiger partial charge in [-0.25, -0.2) is 4.79 Å². The summed E-state index contributed by atoms with van der Waals surface area (Å²) in [5.74, 6) is -1.44. The van der Waals surface area contributed by atoms with Gasteiger partial charge in [0.25, 0.3) is 11.8 Å². The molecule has 0 aliphatic carbocycles. The van der Waals surface area contributed by atoms with Crippen molar-refractivity contribution in [2.24, 2.45) is 0 Å². The van der Waals surface area contributed by atoms with Crippen LogP contribution in [0, 0.1) is 0 Å². The number of carbonyl (C=O) groups excluding carboxylic acids is 3. The molecule has 0 fully saturated rings. The molecule has 0 bridgehead atoms. The lowest BCUT2D eigenvalue weighted by Crippen LogP contribution is -2.42. The molecular formula is C18H19ClN2O6. The Morgan fingerprint density at radius 3 is 2.56 bits per heavy atom. The second-order valence-electron chi connectivity index (χ2n) is 5.59. The van der Waals surface area contributed by atoms with E-state index in [9.17, 15) is 14.4 Å². The fraction of sp³-hybridized carbons (Fsp3) is 0.278. The number of esters is 1. The number of carbonyl (C=O) groups is 3. The third kappa shape index (κ3) is 5.49. The number of ether oxygens (including phenoxy) is 2. The lowest BCUT2D eigenvalue weighted by Gasteiger charge is -2.18. The first-order valence-corrected chi connectivity index (χ1v) is 8.39. The average Bonchev–Trinajstić information content (AvgIpc) is 3.16. The minimum absolute atomic E-state index is 0.0634. The fourth-order valence-corrected chi connectivity index (χ4v) is 2.25. The maximum atomic E-state index is 12.3. The molecule has 1 aromatic carbocycles. The zero-order chi connectivity index (χ0) is 20.0. The Labute approximate surface area is 160 Å². The Morgan fingerprint density at radius 1 is 1.19 bits per heavy atom. The number of hydrogen-bond donors (Lipinski definition) is 2. The predicted octanol–water partition coefficient (Wildman–Crippen LogP) is 2.63. The Bertz CT molecular complexity index is 821. The van der Waals surface area contributed by atoms with Crippen molar-refractivity contribution in [3.05, 3.63) is 47.4 Å². The third-order valence-corrected chi connectivity index (χ3v) is 3.76. The van der Waals surface area contributed by atoms with E-state index in [-0.39, 0.29) is 5.76 Å². The summed E-state index contributed by atoms with van der Waals surface area (Å²) in [4.78, 5) is 36.2. The maximum absolute atomic E-state index is 12.3. The molecule has 0 radical (unpaired) electrons. The second-order valence-corrected chi connectivity index (χ2v) is 6.02. The summed E-state index contributed by atoms with van der Waals surface area (Å²) < 4.78 is 15.2. The highest BCUT2D eigenvalue weighted by molar-refractivity contribution is 6.31. The minimum Gasteiger partial charge on any atom is -0.495 e. The van der Waals surface area contributed by atoms with Gasteiger partial charge in [-0.15, -0.1) is 0 Å². The molecule has 2 atom stereocenters. The van der Waals surface area contributed by atoms with E-state index in [0.717, 1.165) is 0 Å². The van der Waals surface area contributed by atoms with Gasteiger partial charge in [-0.1, -0.05) is 11.6 Å². The number of nitrogens with one attached hydrogen (secondary N) is 2. The van der Waals surface area contributed by atoms with Crippen molar-refractivity contribution in [2.75, 3.05) is 12.4 Å². The summed E-state index contributed by atoms with van der Waals surface area (Å²) in [6.07, 6.45) is 0.234. The molecule has 2 aromatic rings. The maximum Gasteiger partial charge on any atom is 0.329 e. The number of amides is 2. The summed E-state index contributed by atoms with van der Waals surface area (Å²) in [5, 5.41) is 5.41. The second kappa shape index (κ2) is 9.09. The smallest absolute Gasteiger partial charge is 0.329 e. The summed E-state index contributed by atoms with van der Waals surface area (Å²) in [7, 11) is 1.45. The molecular weight excluding hydrogens is 376 g/mol. The molecule has 0 unspecified atom stereocenters. The van der Waals surface area contributed by atoms with Crippen LogP contribution in [0.4, 0.5) is 5.69 Å². The van der Waals surface area contributed by atoms with Gasteiger partial charge in [0, 0.05) is 5.02 Å². The molecule has 2 rings (SSSR count). The average molecular weight is 395 g/mol. The van der Waals surface area contributed by atoms with Crippen LogP contribution in [-0.4, -0.2) is 37.0 Å². The van der Waals surface area contributed by atoms with Crippen molar-refractivity contribution in [2.45, 2.75) is 26.0 Å². The van der Waals surface area contributed by atoms with Crippen LogP contribution < -0.4 is 15.4 Å². The zero-order valence-electron chi connectivity index (χ0n) is 14.9. The van der Waals surface area contributed by atoms with E-state index in [4.69, 9.17) is 25.5 Å². The summed E-state index contributed by atoms with van der Waals surface area (Å²) in [6, 6.07) is 6.76. The molecule has 144 valence electrons. The van der Waals surface area contributed by atoms with E-state index in [2.05, 4.69) is 10.6 Å². The first kappa shape index (κ1) is 20.3. The largest absolute Gasteiger partial charge is 0.495 e. The molecule has 0 saturated carbocycles. The molecule has 1 aromatic heterocycles. The highest BCUT2D eigenvalue weighted by Crippen LogP contribution is 2.27. The quantitative estimate of drug-likeness (QED) is 0.699. The van der Waals surface area contributed by atoms with Crippen LogP contribution in [0.2, 0.25) is 5.02 Å². The van der Waals surface area contributed by atoms with Crippen LogP contribution in [0.15, 0.2) is 41.0 Å². The van der Waals surface area contributed by atoms with Crippen LogP contribution >= 0.6 is 11.6 Å². The van der Waals surface area contributed by atoms with E-state index < -0.39 is 29.9 Å². The van der Waals surface area contributed by atoms with Gasteiger partial charge in [0.05, 0.1) is 19.1 Å². The van der Waals surface area contributed by atoms with E-state index in [0.29, 0.717) is 16.5 Å². The van der Waals surface area contributed by atoms with Crippen LogP contribution in [0.5, 0.6) is 5.75 Å². The van der Waals surface area contributed by atoms with Crippen molar-refractivity contribution in [1.29, 1.82) is 0 Å². The molecule has 1 heterocycles. The van der Waals surface area contributed by atoms with Gasteiger partial charge in [-0.3, -0.25) is 9.59 Å². The Kier molecular flexibility index (Phi) is 6.84. The topological polar surface area (TPSA) is 107 Å². The van der Waals surface area contributed by atoms with Crippen molar-refractivity contribution in [1.82, 2.24) is 5.32 Å². The number of halogens is 1. The number of hydrogen-bond acceptors (Lipinski definition) is 6. The summed E-state index contributed by atoms with van der Waals surface area (Å²) in [5.41, 5.74) is 0.345. The molecule has 0 aliphatic heterocycles. The molecule has 0 spiro atoms. The molecule has 8 nitrogen and oxygen atoms in total. The number of furan rings is 1. The number of anilines is 1. The lowest BCUT2D eigenvalue weighted by molar-refractivity contribution is -0.154.